The SMILES string of the molecule is CN(Cc1cn[nH]c1)C(=O)Nc1ccc(Cl)cc1C(=O)O. The van der Waals surface area contributed by atoms with Crippen LogP contribution >= 0.6 is 11.6 Å². The minimum atomic E-state index is -1.16. The number of carbonyl (C=O) groups is 2. The van der Waals surface area contributed by atoms with E-state index >= 15 is 0 Å². The van der Waals surface area contributed by atoms with Gasteiger partial charge in [0, 0.05) is 23.8 Å². The van der Waals surface area contributed by atoms with Gasteiger partial charge in [0.15, 0.2) is 0 Å². The number of aromatic carboxylic acids is 1. The molecule has 1 aromatic heterocycles. The number of anilines is 1. The number of amides is 2. The third kappa shape index (κ3) is 3.73. The van der Waals surface area contributed by atoms with Gasteiger partial charge in [-0.25, -0.2) is 9.59 Å². The zero-order valence-corrected chi connectivity index (χ0v) is 11.9. The van der Waals surface area contributed by atoms with Gasteiger partial charge >= 0.3 is 12.0 Å². The van der Waals surface area contributed by atoms with Gasteiger partial charge in [-0.3, -0.25) is 5.10 Å². The highest BCUT2D eigenvalue weighted by atomic mass is 35.5. The number of aromatic amines is 1. The Kier molecular flexibility index (Phi) is 4.44. The number of carboxylic acids is 1. The quantitative estimate of drug-likeness (QED) is 0.807. The predicted molar refractivity (Wildman–Crippen MR) is 77.5 cm³/mol. The number of urea groups is 1. The average molecular weight is 309 g/mol. The monoisotopic (exact) mass is 308 g/mol. The summed E-state index contributed by atoms with van der Waals surface area (Å²) in [6.45, 7) is 0.346. The van der Waals surface area contributed by atoms with Gasteiger partial charge in [0.25, 0.3) is 0 Å². The molecule has 0 aliphatic rings. The van der Waals surface area contributed by atoms with E-state index in [9.17, 15) is 9.59 Å². The summed E-state index contributed by atoms with van der Waals surface area (Å²) in [7, 11) is 1.60. The second-order valence-corrected chi connectivity index (χ2v) is 4.82. The molecule has 0 bridgehead atoms. The van der Waals surface area contributed by atoms with Gasteiger partial charge in [-0.15, -0.1) is 0 Å². The first-order chi connectivity index (χ1) is 9.97. The van der Waals surface area contributed by atoms with Crippen LogP contribution in [0.25, 0.3) is 0 Å². The van der Waals surface area contributed by atoms with Crippen LogP contribution in [0.5, 0.6) is 0 Å². The van der Waals surface area contributed by atoms with Crippen molar-refractivity contribution in [2.75, 3.05) is 12.4 Å². The van der Waals surface area contributed by atoms with Crippen molar-refractivity contribution < 1.29 is 14.7 Å². The maximum absolute atomic E-state index is 12.1. The fraction of sp³-hybridized carbons (Fsp3) is 0.154. The lowest BCUT2D eigenvalue weighted by atomic mass is 10.2. The number of nitrogens with one attached hydrogen (secondary N) is 2. The van der Waals surface area contributed by atoms with Crippen LogP contribution in [0.4, 0.5) is 10.5 Å². The van der Waals surface area contributed by atoms with E-state index in [1.54, 1.807) is 19.4 Å². The lowest BCUT2D eigenvalue weighted by Crippen LogP contribution is -2.31. The molecule has 8 heteroatoms. The van der Waals surface area contributed by atoms with E-state index < -0.39 is 12.0 Å². The van der Waals surface area contributed by atoms with Crippen molar-refractivity contribution in [2.24, 2.45) is 0 Å². The first-order valence-electron chi connectivity index (χ1n) is 6.00. The van der Waals surface area contributed by atoms with E-state index in [0.29, 0.717) is 6.54 Å². The Labute approximate surface area is 125 Å². The van der Waals surface area contributed by atoms with Crippen LogP contribution in [0.15, 0.2) is 30.6 Å². The Morgan fingerprint density at radius 2 is 2.24 bits per heavy atom. The molecule has 110 valence electrons. The summed E-state index contributed by atoms with van der Waals surface area (Å²) in [5.41, 5.74) is 0.964. The highest BCUT2D eigenvalue weighted by molar-refractivity contribution is 6.31. The van der Waals surface area contributed by atoms with Gasteiger partial charge < -0.3 is 15.3 Å². The molecule has 0 spiro atoms. The van der Waals surface area contributed by atoms with E-state index in [1.165, 1.54) is 23.1 Å². The zero-order chi connectivity index (χ0) is 15.4. The van der Waals surface area contributed by atoms with Crippen LogP contribution in [-0.2, 0) is 6.54 Å². The number of H-pyrrole nitrogens is 1. The van der Waals surface area contributed by atoms with Gasteiger partial charge in [-0.05, 0) is 18.2 Å². The summed E-state index contributed by atoms with van der Waals surface area (Å²) < 4.78 is 0. The standard InChI is InChI=1S/C13H13ClN4O3/c1-18(7-8-5-15-16-6-8)13(21)17-11-3-2-9(14)4-10(11)12(19)20/h2-6H,7H2,1H3,(H,15,16)(H,17,21)(H,19,20). The molecule has 0 atom stereocenters. The molecule has 1 aromatic carbocycles. The van der Waals surface area contributed by atoms with E-state index in [0.717, 1.165) is 5.56 Å². The number of aromatic nitrogens is 2. The van der Waals surface area contributed by atoms with E-state index in [4.69, 9.17) is 16.7 Å². The number of nitrogens with zero attached hydrogens (tertiary/aromatic N) is 2. The van der Waals surface area contributed by atoms with Gasteiger partial charge in [-0.2, -0.15) is 5.10 Å². The van der Waals surface area contributed by atoms with Crippen LogP contribution in [0.2, 0.25) is 5.02 Å². The summed E-state index contributed by atoms with van der Waals surface area (Å²) in [6.07, 6.45) is 3.28. The van der Waals surface area contributed by atoms with Crippen molar-refractivity contribution in [3.05, 3.63) is 46.7 Å². The topological polar surface area (TPSA) is 98.3 Å². The predicted octanol–water partition coefficient (Wildman–Crippen LogP) is 2.43. The minimum absolute atomic E-state index is 0.0624. The molecule has 0 aliphatic carbocycles. The summed E-state index contributed by atoms with van der Waals surface area (Å²) in [5, 5.41) is 18.4. The Morgan fingerprint density at radius 3 is 2.86 bits per heavy atom. The molecule has 1 heterocycles. The van der Waals surface area contributed by atoms with Gasteiger partial charge in [0.1, 0.15) is 0 Å². The molecule has 2 aromatic rings. The summed E-state index contributed by atoms with van der Waals surface area (Å²) in [5.74, 6) is -1.16. The smallest absolute Gasteiger partial charge is 0.337 e. The molecule has 0 unspecified atom stereocenters. The molecule has 3 N–H and O–H groups in total. The number of carboxylic acid groups (broad SMARTS) is 1. The third-order valence-electron chi connectivity index (χ3n) is 2.77. The number of rotatable bonds is 4. The molecule has 0 radical (unpaired) electrons. The van der Waals surface area contributed by atoms with Gasteiger partial charge in [0.2, 0.25) is 0 Å². The minimum Gasteiger partial charge on any atom is -0.478 e. The Bertz CT molecular complexity index is 657. The van der Waals surface area contributed by atoms with Gasteiger partial charge in [-0.1, -0.05) is 11.6 Å². The van der Waals surface area contributed by atoms with Crippen LogP contribution in [0.3, 0.4) is 0 Å². The maximum atomic E-state index is 12.1. The van der Waals surface area contributed by atoms with E-state index in [1.807, 2.05) is 0 Å². The Hall–Kier alpha value is -2.54. The van der Waals surface area contributed by atoms with Crippen molar-refractivity contribution >= 4 is 29.3 Å². The number of hydrogen-bond acceptors (Lipinski definition) is 3. The molecular formula is C13H13ClN4O3. The fourth-order valence-corrected chi connectivity index (χ4v) is 1.89. The van der Waals surface area contributed by atoms with Crippen LogP contribution in [0, 0.1) is 0 Å². The maximum Gasteiger partial charge on any atom is 0.337 e. The first-order valence-corrected chi connectivity index (χ1v) is 6.38. The van der Waals surface area contributed by atoms with Crippen molar-refractivity contribution in [3.8, 4) is 0 Å². The Balaban J connectivity index is 2.10. The van der Waals surface area contributed by atoms with Crippen molar-refractivity contribution in [3.63, 3.8) is 0 Å². The molecule has 0 saturated carbocycles. The molecule has 2 rings (SSSR count). The second-order valence-electron chi connectivity index (χ2n) is 4.39. The molecule has 0 aliphatic heterocycles. The third-order valence-corrected chi connectivity index (χ3v) is 3.01. The summed E-state index contributed by atoms with van der Waals surface area (Å²) >= 11 is 5.76. The number of carbonyl (C=O) groups excluding carboxylic acids is 1. The molecule has 2 amide bonds. The van der Waals surface area contributed by atoms with E-state index in [2.05, 4.69) is 15.5 Å². The van der Waals surface area contributed by atoms with Crippen molar-refractivity contribution in [1.29, 1.82) is 0 Å². The molecule has 7 nitrogen and oxygen atoms in total. The summed E-state index contributed by atoms with van der Waals surface area (Å²) in [4.78, 5) is 24.6. The number of benzene rings is 1. The second kappa shape index (κ2) is 6.27. The number of hydrogen-bond donors (Lipinski definition) is 3. The lowest BCUT2D eigenvalue weighted by molar-refractivity contribution is 0.0698. The molecular weight excluding hydrogens is 296 g/mol. The largest absolute Gasteiger partial charge is 0.478 e. The van der Waals surface area contributed by atoms with Crippen LogP contribution in [0.1, 0.15) is 15.9 Å². The van der Waals surface area contributed by atoms with Crippen LogP contribution < -0.4 is 5.32 Å². The fourth-order valence-electron chi connectivity index (χ4n) is 1.72. The molecule has 21 heavy (non-hydrogen) atoms. The molecule has 0 saturated heterocycles. The normalized spacial score (nSPS) is 10.2. The zero-order valence-electron chi connectivity index (χ0n) is 11.1. The van der Waals surface area contributed by atoms with Crippen molar-refractivity contribution in [1.82, 2.24) is 15.1 Å². The van der Waals surface area contributed by atoms with Gasteiger partial charge in [0.05, 0.1) is 24.0 Å². The average Bonchev–Trinajstić information content (AvgIpc) is 2.93. The Morgan fingerprint density at radius 1 is 1.48 bits per heavy atom. The van der Waals surface area contributed by atoms with E-state index in [-0.39, 0.29) is 16.3 Å². The lowest BCUT2D eigenvalue weighted by Gasteiger charge is -2.18. The summed E-state index contributed by atoms with van der Waals surface area (Å²) in [6, 6.07) is 3.82. The molecule has 0 fully saturated rings. The first kappa shape index (κ1) is 14.9. The van der Waals surface area contributed by atoms with Crippen LogP contribution in [-0.4, -0.2) is 39.3 Å². The highest BCUT2D eigenvalue weighted by Gasteiger charge is 2.15. The van der Waals surface area contributed by atoms with Crippen molar-refractivity contribution in [2.45, 2.75) is 6.54 Å². The number of halogens is 1. The highest BCUT2D eigenvalue weighted by Crippen LogP contribution is 2.21.